The molecular weight excluding hydrogens is 268 g/mol. The van der Waals surface area contributed by atoms with Crippen LogP contribution < -0.4 is 0 Å². The van der Waals surface area contributed by atoms with Crippen molar-refractivity contribution in [1.82, 2.24) is 9.80 Å². The van der Waals surface area contributed by atoms with Gasteiger partial charge in [-0.05, 0) is 43.9 Å². The van der Waals surface area contributed by atoms with Crippen LogP contribution in [0.1, 0.15) is 51.4 Å². The van der Waals surface area contributed by atoms with Gasteiger partial charge >= 0.3 is 12.0 Å². The number of piperidine rings is 2. The molecule has 1 aliphatic carbocycles. The number of carbonyl (C=O) groups is 2. The van der Waals surface area contributed by atoms with Crippen molar-refractivity contribution >= 4 is 12.0 Å². The molecule has 0 unspecified atom stereocenters. The third-order valence-corrected chi connectivity index (χ3v) is 5.87. The van der Waals surface area contributed by atoms with E-state index < -0.39 is 5.97 Å². The summed E-state index contributed by atoms with van der Waals surface area (Å²) >= 11 is 0. The summed E-state index contributed by atoms with van der Waals surface area (Å²) in [6.45, 7) is 2.96. The highest BCUT2D eigenvalue weighted by Gasteiger charge is 2.39. The van der Waals surface area contributed by atoms with E-state index in [1.165, 1.54) is 25.7 Å². The number of carboxylic acid groups (broad SMARTS) is 1. The summed E-state index contributed by atoms with van der Waals surface area (Å²) in [5.74, 6) is -0.986. The highest BCUT2D eigenvalue weighted by molar-refractivity contribution is 5.75. The van der Waals surface area contributed by atoms with Gasteiger partial charge in [0.2, 0.25) is 0 Å². The second-order valence-corrected chi connectivity index (χ2v) is 7.08. The number of rotatable bonds is 1. The average Bonchev–Trinajstić information content (AvgIpc) is 2.96. The fraction of sp³-hybridized carbons (Fsp3) is 0.875. The Labute approximate surface area is 126 Å². The summed E-state index contributed by atoms with van der Waals surface area (Å²) in [6.07, 6.45) is 8.91. The first-order valence-corrected chi connectivity index (χ1v) is 8.36. The molecule has 0 aromatic carbocycles. The van der Waals surface area contributed by atoms with Crippen LogP contribution in [-0.4, -0.2) is 53.1 Å². The molecule has 2 saturated heterocycles. The molecule has 0 bridgehead atoms. The predicted molar refractivity (Wildman–Crippen MR) is 79.0 cm³/mol. The summed E-state index contributed by atoms with van der Waals surface area (Å²) in [6, 6.07) is 0.131. The summed E-state index contributed by atoms with van der Waals surface area (Å²) in [4.78, 5) is 27.3. The summed E-state index contributed by atoms with van der Waals surface area (Å²) in [5.41, 5.74) is 0.535. The lowest BCUT2D eigenvalue weighted by molar-refractivity contribution is -0.143. The van der Waals surface area contributed by atoms with E-state index in [9.17, 15) is 9.59 Å². The summed E-state index contributed by atoms with van der Waals surface area (Å²) in [7, 11) is 0. The van der Waals surface area contributed by atoms with Gasteiger partial charge in [-0.2, -0.15) is 0 Å². The molecule has 5 heteroatoms. The van der Waals surface area contributed by atoms with E-state index >= 15 is 0 Å². The first-order chi connectivity index (χ1) is 10.1. The maximum Gasteiger partial charge on any atom is 0.319 e. The fourth-order valence-electron chi connectivity index (χ4n) is 4.32. The molecule has 0 radical (unpaired) electrons. The van der Waals surface area contributed by atoms with Crippen LogP contribution in [0.2, 0.25) is 0 Å². The van der Waals surface area contributed by atoms with E-state index in [2.05, 4.69) is 0 Å². The SMILES string of the molecule is O=C(O)C1CCN(C(=O)N2CCC3(CCCC3)CC2)CC1. The predicted octanol–water partition coefficient (Wildman–Crippen LogP) is 2.56. The third-order valence-electron chi connectivity index (χ3n) is 5.87. The maximum absolute atomic E-state index is 12.5. The number of urea groups is 1. The van der Waals surface area contributed by atoms with Gasteiger partial charge in [-0.15, -0.1) is 0 Å². The Kier molecular flexibility index (Phi) is 4.09. The van der Waals surface area contributed by atoms with Gasteiger partial charge in [0.25, 0.3) is 0 Å². The van der Waals surface area contributed by atoms with E-state index in [4.69, 9.17) is 5.11 Å². The molecule has 0 aromatic heterocycles. The van der Waals surface area contributed by atoms with Gasteiger partial charge in [-0.25, -0.2) is 4.79 Å². The second kappa shape index (κ2) is 5.85. The van der Waals surface area contributed by atoms with Crippen molar-refractivity contribution in [1.29, 1.82) is 0 Å². The van der Waals surface area contributed by atoms with Crippen LogP contribution in [0.15, 0.2) is 0 Å². The van der Waals surface area contributed by atoms with Crippen molar-refractivity contribution in [3.8, 4) is 0 Å². The Hall–Kier alpha value is -1.26. The van der Waals surface area contributed by atoms with Crippen molar-refractivity contribution in [2.24, 2.45) is 11.3 Å². The minimum Gasteiger partial charge on any atom is -0.481 e. The van der Waals surface area contributed by atoms with Crippen LogP contribution in [0, 0.1) is 11.3 Å². The summed E-state index contributed by atoms with van der Waals surface area (Å²) < 4.78 is 0. The number of carboxylic acids is 1. The number of nitrogens with zero attached hydrogens (tertiary/aromatic N) is 2. The molecule has 2 amide bonds. The van der Waals surface area contributed by atoms with Crippen molar-refractivity contribution in [3.63, 3.8) is 0 Å². The number of hydrogen-bond acceptors (Lipinski definition) is 2. The molecule has 2 heterocycles. The fourth-order valence-corrected chi connectivity index (χ4v) is 4.32. The zero-order valence-corrected chi connectivity index (χ0v) is 12.7. The Bertz CT molecular complexity index is 400. The van der Waals surface area contributed by atoms with Gasteiger partial charge in [-0.1, -0.05) is 12.8 Å². The zero-order valence-electron chi connectivity index (χ0n) is 12.7. The zero-order chi connectivity index (χ0) is 14.9. The van der Waals surface area contributed by atoms with Crippen LogP contribution in [0.25, 0.3) is 0 Å². The quantitative estimate of drug-likeness (QED) is 0.808. The van der Waals surface area contributed by atoms with Crippen molar-refractivity contribution < 1.29 is 14.7 Å². The van der Waals surface area contributed by atoms with Crippen LogP contribution in [0.4, 0.5) is 4.79 Å². The van der Waals surface area contributed by atoms with E-state index in [-0.39, 0.29) is 11.9 Å². The lowest BCUT2D eigenvalue weighted by Gasteiger charge is -2.42. The van der Waals surface area contributed by atoms with E-state index in [1.807, 2.05) is 9.80 Å². The minimum absolute atomic E-state index is 0.131. The topological polar surface area (TPSA) is 60.9 Å². The Morgan fingerprint density at radius 1 is 0.857 bits per heavy atom. The van der Waals surface area contributed by atoms with Crippen molar-refractivity contribution in [3.05, 3.63) is 0 Å². The molecule has 3 rings (SSSR count). The molecule has 2 aliphatic heterocycles. The van der Waals surface area contributed by atoms with Crippen LogP contribution in [-0.2, 0) is 4.79 Å². The first kappa shape index (κ1) is 14.7. The van der Waals surface area contributed by atoms with Crippen molar-refractivity contribution in [2.75, 3.05) is 26.2 Å². The van der Waals surface area contributed by atoms with E-state index in [0.717, 1.165) is 25.9 Å². The monoisotopic (exact) mass is 294 g/mol. The summed E-state index contributed by atoms with van der Waals surface area (Å²) in [5, 5.41) is 9.02. The molecule has 21 heavy (non-hydrogen) atoms. The van der Waals surface area contributed by atoms with Gasteiger partial charge in [0, 0.05) is 26.2 Å². The minimum atomic E-state index is -0.719. The van der Waals surface area contributed by atoms with E-state index in [0.29, 0.717) is 31.3 Å². The second-order valence-electron chi connectivity index (χ2n) is 7.08. The van der Waals surface area contributed by atoms with Crippen molar-refractivity contribution in [2.45, 2.75) is 51.4 Å². The van der Waals surface area contributed by atoms with Gasteiger partial charge in [0.05, 0.1) is 5.92 Å². The molecule has 3 aliphatic rings. The maximum atomic E-state index is 12.5. The van der Waals surface area contributed by atoms with Gasteiger partial charge < -0.3 is 14.9 Å². The van der Waals surface area contributed by atoms with E-state index in [1.54, 1.807) is 0 Å². The molecule has 1 N–H and O–H groups in total. The molecule has 0 aromatic rings. The highest BCUT2D eigenvalue weighted by atomic mass is 16.4. The van der Waals surface area contributed by atoms with Gasteiger partial charge in [0.15, 0.2) is 0 Å². The highest BCUT2D eigenvalue weighted by Crippen LogP contribution is 2.46. The lowest BCUT2D eigenvalue weighted by atomic mass is 9.77. The lowest BCUT2D eigenvalue weighted by Crippen LogP contribution is -2.51. The van der Waals surface area contributed by atoms with Crippen LogP contribution in [0.5, 0.6) is 0 Å². The molecule has 118 valence electrons. The third kappa shape index (κ3) is 3.01. The molecule has 5 nitrogen and oxygen atoms in total. The average molecular weight is 294 g/mol. The molecule has 3 fully saturated rings. The Morgan fingerprint density at radius 3 is 1.90 bits per heavy atom. The standard InChI is InChI=1S/C16H26N2O3/c19-14(20)13-3-9-17(10-4-13)15(21)18-11-7-16(8-12-18)5-1-2-6-16/h13H,1-12H2,(H,19,20). The molecule has 1 spiro atoms. The normalized spacial score (nSPS) is 26.3. The largest absolute Gasteiger partial charge is 0.481 e. The van der Waals surface area contributed by atoms with Gasteiger partial charge in [-0.3, -0.25) is 4.79 Å². The number of aliphatic carboxylic acids is 1. The molecule has 0 atom stereocenters. The molecular formula is C16H26N2O3. The van der Waals surface area contributed by atoms with Crippen LogP contribution in [0.3, 0.4) is 0 Å². The van der Waals surface area contributed by atoms with Gasteiger partial charge in [0.1, 0.15) is 0 Å². The number of carbonyl (C=O) groups excluding carboxylic acids is 1. The number of amides is 2. The Balaban J connectivity index is 1.49. The Morgan fingerprint density at radius 2 is 1.38 bits per heavy atom. The molecule has 1 saturated carbocycles. The smallest absolute Gasteiger partial charge is 0.319 e. The number of hydrogen-bond donors (Lipinski definition) is 1. The first-order valence-electron chi connectivity index (χ1n) is 8.36. The number of likely N-dealkylation sites (tertiary alicyclic amines) is 2. The van der Waals surface area contributed by atoms with Crippen LogP contribution >= 0.6 is 0 Å².